The molecule has 1 heterocycles. The first-order valence-electron chi connectivity index (χ1n) is 6.76. The molecular weight excluding hydrogens is 273 g/mol. The van der Waals surface area contributed by atoms with E-state index in [-0.39, 0.29) is 17.8 Å². The molecule has 0 saturated heterocycles. The van der Waals surface area contributed by atoms with Crippen LogP contribution in [0.5, 0.6) is 0 Å². The van der Waals surface area contributed by atoms with Crippen LogP contribution in [0.4, 0.5) is 4.39 Å². The van der Waals surface area contributed by atoms with Gasteiger partial charge in [-0.1, -0.05) is 18.2 Å². The summed E-state index contributed by atoms with van der Waals surface area (Å²) >= 11 is 1.50. The lowest BCUT2D eigenvalue weighted by Gasteiger charge is -2.22. The Labute approximate surface area is 121 Å². The third-order valence-corrected chi connectivity index (χ3v) is 4.49. The van der Waals surface area contributed by atoms with Crippen LogP contribution in [-0.2, 0) is 6.54 Å². The average Bonchev–Trinajstić information content (AvgIpc) is 3.18. The summed E-state index contributed by atoms with van der Waals surface area (Å²) in [5.41, 5.74) is 0.584. The summed E-state index contributed by atoms with van der Waals surface area (Å²) in [4.78, 5) is 16.2. The summed E-state index contributed by atoms with van der Waals surface area (Å²) in [6.07, 6.45) is 2.04. The lowest BCUT2D eigenvalue weighted by molar-refractivity contribution is 0.0733. The van der Waals surface area contributed by atoms with Crippen molar-refractivity contribution in [3.8, 4) is 0 Å². The fourth-order valence-corrected chi connectivity index (χ4v) is 3.08. The SMILES string of the molecule is Cc1ccc(C(=O)N(Cc2ccccc2F)C2CC2)s1. The summed E-state index contributed by atoms with van der Waals surface area (Å²) in [6.45, 7) is 2.34. The molecule has 20 heavy (non-hydrogen) atoms. The van der Waals surface area contributed by atoms with Gasteiger partial charge in [0, 0.05) is 23.0 Å². The molecular formula is C16H16FNOS. The van der Waals surface area contributed by atoms with Crippen LogP contribution in [0.2, 0.25) is 0 Å². The predicted octanol–water partition coefficient (Wildman–Crippen LogP) is 4.00. The number of nitrogens with zero attached hydrogens (tertiary/aromatic N) is 1. The predicted molar refractivity (Wildman–Crippen MR) is 78.4 cm³/mol. The molecule has 2 nitrogen and oxygen atoms in total. The Hall–Kier alpha value is -1.68. The van der Waals surface area contributed by atoms with Crippen LogP contribution < -0.4 is 0 Å². The molecule has 1 aliphatic carbocycles. The number of carbonyl (C=O) groups excluding carboxylic acids is 1. The summed E-state index contributed by atoms with van der Waals surface area (Å²) in [5.74, 6) is -0.220. The smallest absolute Gasteiger partial charge is 0.264 e. The first-order valence-corrected chi connectivity index (χ1v) is 7.57. The van der Waals surface area contributed by atoms with Gasteiger partial charge in [-0.05, 0) is 38.0 Å². The topological polar surface area (TPSA) is 20.3 Å². The van der Waals surface area contributed by atoms with Crippen LogP contribution in [-0.4, -0.2) is 16.8 Å². The summed E-state index contributed by atoms with van der Waals surface area (Å²) in [5, 5.41) is 0. The van der Waals surface area contributed by atoms with Crippen molar-refractivity contribution in [3.63, 3.8) is 0 Å². The lowest BCUT2D eigenvalue weighted by atomic mass is 10.2. The summed E-state index contributed by atoms with van der Waals surface area (Å²) in [7, 11) is 0. The van der Waals surface area contributed by atoms with Crippen LogP contribution in [0, 0.1) is 12.7 Å². The van der Waals surface area contributed by atoms with Gasteiger partial charge in [0.15, 0.2) is 0 Å². The molecule has 0 radical (unpaired) electrons. The van der Waals surface area contributed by atoms with E-state index in [1.54, 1.807) is 12.1 Å². The van der Waals surface area contributed by atoms with E-state index in [1.165, 1.54) is 17.4 Å². The third kappa shape index (κ3) is 2.75. The minimum Gasteiger partial charge on any atom is -0.331 e. The van der Waals surface area contributed by atoms with Gasteiger partial charge in [0.2, 0.25) is 0 Å². The van der Waals surface area contributed by atoms with E-state index < -0.39 is 0 Å². The molecule has 0 N–H and O–H groups in total. The molecule has 1 saturated carbocycles. The molecule has 4 heteroatoms. The van der Waals surface area contributed by atoms with Crippen molar-refractivity contribution in [2.75, 3.05) is 0 Å². The fourth-order valence-electron chi connectivity index (χ4n) is 2.25. The zero-order valence-electron chi connectivity index (χ0n) is 11.3. The van der Waals surface area contributed by atoms with Crippen LogP contribution in [0.3, 0.4) is 0 Å². The van der Waals surface area contributed by atoms with Gasteiger partial charge in [0.1, 0.15) is 5.82 Å². The molecule has 0 spiro atoms. The zero-order chi connectivity index (χ0) is 14.1. The Balaban J connectivity index is 1.83. The van der Waals surface area contributed by atoms with Crippen LogP contribution >= 0.6 is 11.3 Å². The maximum atomic E-state index is 13.8. The minimum absolute atomic E-state index is 0.0221. The normalized spacial score (nSPS) is 14.3. The molecule has 104 valence electrons. The minimum atomic E-state index is -0.242. The molecule has 3 rings (SSSR count). The number of hydrogen-bond donors (Lipinski definition) is 0. The monoisotopic (exact) mass is 289 g/mol. The van der Waals surface area contributed by atoms with Gasteiger partial charge >= 0.3 is 0 Å². The standard InChI is InChI=1S/C16H16FNOS/c1-11-6-9-15(20-11)16(19)18(13-7-8-13)10-12-4-2-3-5-14(12)17/h2-6,9,13H,7-8,10H2,1H3. The quantitative estimate of drug-likeness (QED) is 0.833. The lowest BCUT2D eigenvalue weighted by Crippen LogP contribution is -2.32. The Bertz CT molecular complexity index is 633. The molecule has 0 aliphatic heterocycles. The van der Waals surface area contributed by atoms with Crippen molar-refractivity contribution >= 4 is 17.2 Å². The van der Waals surface area contributed by atoms with Crippen LogP contribution in [0.15, 0.2) is 36.4 Å². The highest BCUT2D eigenvalue weighted by Gasteiger charge is 2.33. The number of hydrogen-bond acceptors (Lipinski definition) is 2. The second kappa shape index (κ2) is 5.37. The van der Waals surface area contributed by atoms with Crippen molar-refractivity contribution in [2.45, 2.75) is 32.4 Å². The average molecular weight is 289 g/mol. The van der Waals surface area contributed by atoms with Crippen molar-refractivity contribution < 1.29 is 9.18 Å². The molecule has 1 amide bonds. The Morgan fingerprint density at radius 3 is 2.65 bits per heavy atom. The molecule has 0 atom stereocenters. The van der Waals surface area contributed by atoms with E-state index in [2.05, 4.69) is 0 Å². The molecule has 1 fully saturated rings. The highest BCUT2D eigenvalue weighted by molar-refractivity contribution is 7.13. The van der Waals surface area contributed by atoms with E-state index in [9.17, 15) is 9.18 Å². The van der Waals surface area contributed by atoms with Crippen molar-refractivity contribution in [3.05, 3.63) is 57.5 Å². The number of halogens is 1. The molecule has 2 aromatic rings. The van der Waals surface area contributed by atoms with Crippen molar-refractivity contribution in [1.29, 1.82) is 0 Å². The molecule has 1 aliphatic rings. The van der Waals surface area contributed by atoms with E-state index in [0.717, 1.165) is 22.6 Å². The van der Waals surface area contributed by atoms with Crippen LogP contribution in [0.1, 0.15) is 33.0 Å². The first-order chi connectivity index (χ1) is 9.65. The molecule has 0 unspecified atom stereocenters. The second-order valence-electron chi connectivity index (χ2n) is 5.17. The van der Waals surface area contributed by atoms with E-state index >= 15 is 0 Å². The van der Waals surface area contributed by atoms with Crippen molar-refractivity contribution in [2.24, 2.45) is 0 Å². The molecule has 1 aromatic heterocycles. The number of carbonyl (C=O) groups is 1. The van der Waals surface area contributed by atoms with Gasteiger partial charge in [0.05, 0.1) is 4.88 Å². The van der Waals surface area contributed by atoms with E-state index in [0.29, 0.717) is 12.1 Å². The van der Waals surface area contributed by atoms with Crippen LogP contribution in [0.25, 0.3) is 0 Å². The summed E-state index contributed by atoms with van der Waals surface area (Å²) < 4.78 is 13.8. The van der Waals surface area contributed by atoms with Gasteiger partial charge in [-0.15, -0.1) is 11.3 Å². The Morgan fingerprint density at radius 2 is 2.05 bits per heavy atom. The van der Waals surface area contributed by atoms with Gasteiger partial charge < -0.3 is 4.90 Å². The highest BCUT2D eigenvalue weighted by Crippen LogP contribution is 2.31. The first kappa shape index (κ1) is 13.3. The maximum absolute atomic E-state index is 13.8. The third-order valence-electron chi connectivity index (χ3n) is 3.50. The number of amides is 1. The molecule has 1 aromatic carbocycles. The highest BCUT2D eigenvalue weighted by atomic mass is 32.1. The number of benzene rings is 1. The number of rotatable bonds is 4. The number of aryl methyl sites for hydroxylation is 1. The van der Waals surface area contributed by atoms with Crippen molar-refractivity contribution in [1.82, 2.24) is 4.90 Å². The van der Waals surface area contributed by atoms with Gasteiger partial charge in [-0.2, -0.15) is 0 Å². The Morgan fingerprint density at radius 1 is 1.30 bits per heavy atom. The largest absolute Gasteiger partial charge is 0.331 e. The fraction of sp³-hybridized carbons (Fsp3) is 0.312. The number of thiophene rings is 1. The van der Waals surface area contributed by atoms with E-state index in [4.69, 9.17) is 0 Å². The van der Waals surface area contributed by atoms with E-state index in [1.807, 2.05) is 30.0 Å². The Kier molecular flexibility index (Phi) is 3.57. The van der Waals surface area contributed by atoms with Gasteiger partial charge in [-0.3, -0.25) is 4.79 Å². The molecule has 0 bridgehead atoms. The maximum Gasteiger partial charge on any atom is 0.264 e. The summed E-state index contributed by atoms with van der Waals surface area (Å²) in [6, 6.07) is 10.8. The second-order valence-corrected chi connectivity index (χ2v) is 6.45. The van der Waals surface area contributed by atoms with Gasteiger partial charge in [0.25, 0.3) is 5.91 Å². The zero-order valence-corrected chi connectivity index (χ0v) is 12.1. The van der Waals surface area contributed by atoms with Gasteiger partial charge in [-0.25, -0.2) is 4.39 Å².